The molecule has 0 aromatic heterocycles. The van der Waals surface area contributed by atoms with E-state index in [2.05, 4.69) is 61.4 Å². The van der Waals surface area contributed by atoms with Gasteiger partial charge in [0.05, 0.1) is 6.42 Å². The van der Waals surface area contributed by atoms with E-state index >= 15 is 0 Å². The number of carbonyl (C=O) groups excluding carboxylic acids is 1. The second kappa shape index (κ2) is 8.37. The lowest BCUT2D eigenvalue weighted by molar-refractivity contribution is -0.120. The summed E-state index contributed by atoms with van der Waals surface area (Å²) in [7, 11) is 2.08. The number of rotatable bonds is 7. The quantitative estimate of drug-likeness (QED) is 0.794. The fourth-order valence-corrected chi connectivity index (χ4v) is 2.58. The largest absolute Gasteiger partial charge is 0.375 e. The summed E-state index contributed by atoms with van der Waals surface area (Å²) in [6, 6.07) is 16.5. The van der Waals surface area contributed by atoms with E-state index in [-0.39, 0.29) is 5.91 Å². The van der Waals surface area contributed by atoms with Gasteiger partial charge in [-0.15, -0.1) is 0 Å². The standard InChI is InChI=1S/C20H26N2O/c1-16-10-11-17(2)18(14-16)15-20(23)21-12-7-13-22(3)19-8-5-4-6-9-19/h4-6,8-11,14H,7,12-13,15H2,1-3H3,(H,21,23). The smallest absolute Gasteiger partial charge is 0.224 e. The van der Waals surface area contributed by atoms with E-state index in [0.717, 1.165) is 18.5 Å². The van der Waals surface area contributed by atoms with E-state index in [1.165, 1.54) is 16.8 Å². The van der Waals surface area contributed by atoms with Crippen molar-refractivity contribution in [2.45, 2.75) is 26.7 Å². The molecule has 0 spiro atoms. The van der Waals surface area contributed by atoms with E-state index in [0.29, 0.717) is 13.0 Å². The molecule has 0 unspecified atom stereocenters. The SMILES string of the molecule is Cc1ccc(C)c(CC(=O)NCCCN(C)c2ccccc2)c1. The van der Waals surface area contributed by atoms with Gasteiger partial charge < -0.3 is 10.2 Å². The molecular weight excluding hydrogens is 284 g/mol. The highest BCUT2D eigenvalue weighted by Crippen LogP contribution is 2.12. The molecular formula is C20H26N2O. The molecule has 0 atom stereocenters. The number of benzene rings is 2. The van der Waals surface area contributed by atoms with Gasteiger partial charge in [-0.05, 0) is 43.5 Å². The van der Waals surface area contributed by atoms with Crippen LogP contribution in [0.25, 0.3) is 0 Å². The summed E-state index contributed by atoms with van der Waals surface area (Å²) < 4.78 is 0. The van der Waals surface area contributed by atoms with Crippen LogP contribution in [-0.4, -0.2) is 26.0 Å². The van der Waals surface area contributed by atoms with Gasteiger partial charge in [0.15, 0.2) is 0 Å². The number of nitrogens with zero attached hydrogens (tertiary/aromatic N) is 1. The van der Waals surface area contributed by atoms with Crippen LogP contribution in [0, 0.1) is 13.8 Å². The summed E-state index contributed by atoms with van der Waals surface area (Å²) >= 11 is 0. The molecule has 3 nitrogen and oxygen atoms in total. The van der Waals surface area contributed by atoms with Crippen LogP contribution < -0.4 is 10.2 Å². The maximum absolute atomic E-state index is 12.1. The average molecular weight is 310 g/mol. The number of nitrogens with one attached hydrogen (secondary N) is 1. The van der Waals surface area contributed by atoms with Crippen molar-refractivity contribution in [3.63, 3.8) is 0 Å². The molecule has 1 N–H and O–H groups in total. The second-order valence-electron chi connectivity index (χ2n) is 6.07. The van der Waals surface area contributed by atoms with Gasteiger partial charge in [-0.1, -0.05) is 42.0 Å². The minimum absolute atomic E-state index is 0.0982. The Kier molecular flexibility index (Phi) is 6.21. The monoisotopic (exact) mass is 310 g/mol. The topological polar surface area (TPSA) is 32.3 Å². The molecule has 0 aliphatic rings. The molecule has 2 aromatic carbocycles. The van der Waals surface area contributed by atoms with Gasteiger partial charge in [-0.3, -0.25) is 4.79 Å². The molecule has 0 fully saturated rings. The molecule has 0 bridgehead atoms. The molecule has 0 aliphatic heterocycles. The first kappa shape index (κ1) is 17.1. The number of anilines is 1. The van der Waals surface area contributed by atoms with Gasteiger partial charge >= 0.3 is 0 Å². The molecule has 122 valence electrons. The van der Waals surface area contributed by atoms with E-state index in [1.807, 2.05) is 18.2 Å². The predicted molar refractivity (Wildman–Crippen MR) is 97.0 cm³/mol. The van der Waals surface area contributed by atoms with Gasteiger partial charge in [0, 0.05) is 25.8 Å². The van der Waals surface area contributed by atoms with Crippen molar-refractivity contribution >= 4 is 11.6 Å². The van der Waals surface area contributed by atoms with Gasteiger partial charge in [0.25, 0.3) is 0 Å². The summed E-state index contributed by atoms with van der Waals surface area (Å²) in [4.78, 5) is 14.3. The van der Waals surface area contributed by atoms with Crippen LogP contribution in [0.1, 0.15) is 23.1 Å². The fraction of sp³-hybridized carbons (Fsp3) is 0.350. The summed E-state index contributed by atoms with van der Waals surface area (Å²) in [6.07, 6.45) is 1.39. The second-order valence-corrected chi connectivity index (χ2v) is 6.07. The number of aryl methyl sites for hydroxylation is 2. The lowest BCUT2D eigenvalue weighted by Gasteiger charge is -2.19. The molecule has 1 amide bonds. The predicted octanol–water partition coefficient (Wildman–Crippen LogP) is 3.49. The Bertz CT molecular complexity index is 637. The van der Waals surface area contributed by atoms with Crippen molar-refractivity contribution < 1.29 is 4.79 Å². The Morgan fingerprint density at radius 2 is 1.83 bits per heavy atom. The molecule has 0 saturated heterocycles. The van der Waals surface area contributed by atoms with Crippen molar-refractivity contribution in [2.75, 3.05) is 25.0 Å². The first-order valence-electron chi connectivity index (χ1n) is 8.15. The number of hydrogen-bond acceptors (Lipinski definition) is 2. The van der Waals surface area contributed by atoms with Crippen molar-refractivity contribution in [2.24, 2.45) is 0 Å². The lowest BCUT2D eigenvalue weighted by atomic mass is 10.0. The molecule has 3 heteroatoms. The summed E-state index contributed by atoms with van der Waals surface area (Å²) in [5.74, 6) is 0.0982. The van der Waals surface area contributed by atoms with E-state index < -0.39 is 0 Å². The minimum atomic E-state index is 0.0982. The zero-order valence-electron chi connectivity index (χ0n) is 14.3. The van der Waals surface area contributed by atoms with Crippen LogP contribution in [0.4, 0.5) is 5.69 Å². The van der Waals surface area contributed by atoms with Gasteiger partial charge in [-0.25, -0.2) is 0 Å². The van der Waals surface area contributed by atoms with E-state index in [9.17, 15) is 4.79 Å². The average Bonchev–Trinajstić information content (AvgIpc) is 2.55. The Balaban J connectivity index is 1.72. The Morgan fingerprint density at radius 3 is 2.57 bits per heavy atom. The number of hydrogen-bond donors (Lipinski definition) is 1. The van der Waals surface area contributed by atoms with Crippen LogP contribution in [0.2, 0.25) is 0 Å². The van der Waals surface area contributed by atoms with E-state index in [4.69, 9.17) is 0 Å². The Hall–Kier alpha value is -2.29. The highest BCUT2D eigenvalue weighted by atomic mass is 16.1. The van der Waals surface area contributed by atoms with Crippen LogP contribution in [0.5, 0.6) is 0 Å². The number of carbonyl (C=O) groups is 1. The lowest BCUT2D eigenvalue weighted by Crippen LogP contribution is -2.29. The Labute approximate surface area is 139 Å². The van der Waals surface area contributed by atoms with Gasteiger partial charge in [0.1, 0.15) is 0 Å². The summed E-state index contributed by atoms with van der Waals surface area (Å²) in [6.45, 7) is 5.74. The number of para-hydroxylation sites is 1. The van der Waals surface area contributed by atoms with Crippen molar-refractivity contribution in [3.8, 4) is 0 Å². The highest BCUT2D eigenvalue weighted by Gasteiger charge is 2.06. The van der Waals surface area contributed by atoms with Crippen LogP contribution in [0.15, 0.2) is 48.5 Å². The highest BCUT2D eigenvalue weighted by molar-refractivity contribution is 5.78. The molecule has 0 aliphatic carbocycles. The third-order valence-electron chi connectivity index (χ3n) is 4.05. The number of amides is 1. The molecule has 23 heavy (non-hydrogen) atoms. The zero-order chi connectivity index (χ0) is 16.7. The van der Waals surface area contributed by atoms with E-state index in [1.54, 1.807) is 0 Å². The minimum Gasteiger partial charge on any atom is -0.375 e. The zero-order valence-corrected chi connectivity index (χ0v) is 14.3. The van der Waals surface area contributed by atoms with Crippen LogP contribution >= 0.6 is 0 Å². The van der Waals surface area contributed by atoms with Crippen LogP contribution in [-0.2, 0) is 11.2 Å². The molecule has 2 rings (SSSR count). The molecule has 2 aromatic rings. The third-order valence-corrected chi connectivity index (χ3v) is 4.05. The normalized spacial score (nSPS) is 10.4. The summed E-state index contributed by atoms with van der Waals surface area (Å²) in [5, 5.41) is 3.02. The molecule has 0 saturated carbocycles. The van der Waals surface area contributed by atoms with Crippen molar-refractivity contribution in [3.05, 3.63) is 65.2 Å². The Morgan fingerprint density at radius 1 is 1.09 bits per heavy atom. The first-order chi connectivity index (χ1) is 11.1. The van der Waals surface area contributed by atoms with Crippen molar-refractivity contribution in [1.82, 2.24) is 5.32 Å². The molecule has 0 heterocycles. The van der Waals surface area contributed by atoms with Gasteiger partial charge in [0.2, 0.25) is 5.91 Å². The third kappa shape index (κ3) is 5.44. The van der Waals surface area contributed by atoms with Crippen molar-refractivity contribution in [1.29, 1.82) is 0 Å². The maximum Gasteiger partial charge on any atom is 0.224 e. The van der Waals surface area contributed by atoms with Gasteiger partial charge in [-0.2, -0.15) is 0 Å². The molecule has 0 radical (unpaired) electrons. The van der Waals surface area contributed by atoms with Crippen LogP contribution in [0.3, 0.4) is 0 Å². The fourth-order valence-electron chi connectivity index (χ4n) is 2.58. The summed E-state index contributed by atoms with van der Waals surface area (Å²) in [5.41, 5.74) is 4.69. The maximum atomic E-state index is 12.1. The first-order valence-corrected chi connectivity index (χ1v) is 8.15.